The second kappa shape index (κ2) is 9.62. The first-order chi connectivity index (χ1) is 15.8. The number of sulfonamides is 1. The second-order valence-corrected chi connectivity index (χ2v) is 10.9. The van der Waals surface area contributed by atoms with Crippen LogP contribution in [0.4, 0.5) is 0 Å². The average molecular weight is 486 g/mol. The number of benzene rings is 2. The first kappa shape index (κ1) is 23.4. The molecule has 33 heavy (non-hydrogen) atoms. The van der Waals surface area contributed by atoms with Crippen molar-refractivity contribution in [3.05, 3.63) is 65.5 Å². The van der Waals surface area contributed by atoms with Crippen molar-refractivity contribution in [3.63, 3.8) is 0 Å². The van der Waals surface area contributed by atoms with Crippen LogP contribution < -0.4 is 9.54 Å². The molecule has 1 fully saturated rings. The van der Waals surface area contributed by atoms with Crippen LogP contribution in [0, 0.1) is 0 Å². The highest BCUT2D eigenvalue weighted by atomic mass is 32.2. The smallest absolute Gasteiger partial charge is 0.279 e. The molecule has 1 aliphatic heterocycles. The highest BCUT2D eigenvalue weighted by molar-refractivity contribution is 7.89. The third kappa shape index (κ3) is 4.66. The zero-order valence-corrected chi connectivity index (χ0v) is 20.4. The van der Waals surface area contributed by atoms with Crippen LogP contribution in [0.3, 0.4) is 0 Å². The Hall–Kier alpha value is -2.75. The fourth-order valence-corrected chi connectivity index (χ4v) is 6.82. The van der Waals surface area contributed by atoms with Gasteiger partial charge in [0, 0.05) is 24.7 Å². The molecule has 0 saturated carbocycles. The summed E-state index contributed by atoms with van der Waals surface area (Å²) in [6.07, 6.45) is 4.52. The van der Waals surface area contributed by atoms with Gasteiger partial charge in [0.05, 0.1) is 22.2 Å². The van der Waals surface area contributed by atoms with Crippen LogP contribution in [-0.4, -0.2) is 42.9 Å². The number of hydrogen-bond donors (Lipinski definition) is 0. The number of methoxy groups -OCH3 is 1. The summed E-state index contributed by atoms with van der Waals surface area (Å²) in [7, 11) is -1.98. The van der Waals surface area contributed by atoms with E-state index in [1.807, 2.05) is 29.7 Å². The van der Waals surface area contributed by atoms with Crippen LogP contribution in [0.1, 0.15) is 36.5 Å². The van der Waals surface area contributed by atoms with Gasteiger partial charge >= 0.3 is 0 Å². The van der Waals surface area contributed by atoms with E-state index in [1.54, 1.807) is 17.5 Å². The van der Waals surface area contributed by atoms with E-state index in [9.17, 15) is 13.2 Å². The Labute approximate surface area is 197 Å². The minimum Gasteiger partial charge on any atom is -0.497 e. The second-order valence-electron chi connectivity index (χ2n) is 8.02. The van der Waals surface area contributed by atoms with Crippen LogP contribution >= 0.6 is 11.3 Å². The maximum atomic E-state index is 13.0. The molecule has 1 aliphatic rings. The molecule has 174 valence electrons. The normalized spacial score (nSPS) is 17.9. The van der Waals surface area contributed by atoms with Gasteiger partial charge < -0.3 is 9.30 Å². The Bertz CT molecular complexity index is 1350. The van der Waals surface area contributed by atoms with Crippen LogP contribution in [-0.2, 0) is 16.6 Å². The van der Waals surface area contributed by atoms with Crippen molar-refractivity contribution in [2.45, 2.75) is 43.7 Å². The number of carbonyl (C=O) groups excluding carboxylic acids is 1. The first-order valence-corrected chi connectivity index (χ1v) is 13.1. The fraction of sp³-hybridized carbons (Fsp3) is 0.333. The Morgan fingerprint density at radius 3 is 2.67 bits per heavy atom. The van der Waals surface area contributed by atoms with E-state index in [4.69, 9.17) is 4.74 Å². The molecule has 2 heterocycles. The lowest BCUT2D eigenvalue weighted by Crippen LogP contribution is -2.41. The molecule has 3 aromatic rings. The number of nitrogens with zero attached hydrogens (tertiary/aromatic N) is 3. The molecule has 9 heteroatoms. The van der Waals surface area contributed by atoms with Crippen LogP contribution in [0.25, 0.3) is 10.2 Å². The highest BCUT2D eigenvalue weighted by Gasteiger charge is 2.30. The zero-order valence-electron chi connectivity index (χ0n) is 18.7. The molecular weight excluding hydrogens is 458 g/mol. The largest absolute Gasteiger partial charge is 0.497 e. The molecule has 4 rings (SSSR count). The Balaban J connectivity index is 1.66. The summed E-state index contributed by atoms with van der Waals surface area (Å²) in [5.41, 5.74) is 1.27. The molecule has 2 aromatic carbocycles. The Morgan fingerprint density at radius 1 is 1.24 bits per heavy atom. The fourth-order valence-electron chi connectivity index (χ4n) is 4.06. The molecular formula is C24H27N3O4S2. The molecule has 1 amide bonds. The van der Waals surface area contributed by atoms with E-state index in [1.165, 1.54) is 35.6 Å². The maximum Gasteiger partial charge on any atom is 0.279 e. The lowest BCUT2D eigenvalue weighted by molar-refractivity contribution is 0.0997. The number of amides is 1. The number of piperidine rings is 1. The van der Waals surface area contributed by atoms with Crippen molar-refractivity contribution in [2.75, 3.05) is 13.7 Å². The molecule has 1 atom stereocenters. The summed E-state index contributed by atoms with van der Waals surface area (Å²) in [5, 5.41) is 0. The molecule has 0 bridgehead atoms. The molecule has 7 nitrogen and oxygen atoms in total. The minimum absolute atomic E-state index is 0.0213. The van der Waals surface area contributed by atoms with E-state index in [0.29, 0.717) is 23.5 Å². The zero-order chi connectivity index (χ0) is 23.6. The van der Waals surface area contributed by atoms with Crippen LogP contribution in [0.15, 0.2) is 65.0 Å². The highest BCUT2D eigenvalue weighted by Crippen LogP contribution is 2.26. The topological polar surface area (TPSA) is 81.0 Å². The summed E-state index contributed by atoms with van der Waals surface area (Å²) in [5.74, 6) is 0.300. The molecule has 0 spiro atoms. The Kier molecular flexibility index (Phi) is 6.83. The van der Waals surface area contributed by atoms with Gasteiger partial charge in [0.1, 0.15) is 5.75 Å². The third-order valence-electron chi connectivity index (χ3n) is 5.85. The SMILES string of the molecule is C=CCn1c(=NC(=O)c2ccc(S(=O)(=O)N3CCCCC3C)cc2)sc2cc(OC)ccc21. The van der Waals surface area contributed by atoms with E-state index in [2.05, 4.69) is 11.6 Å². The standard InChI is InChI=1S/C24H27N3O4S2/c1-4-14-26-21-13-10-19(31-3)16-22(21)32-24(26)25-23(28)18-8-11-20(12-9-18)33(29,30)27-15-6-5-7-17(27)2/h4,8-13,16-17H,1,5-7,14-15H2,2-3H3. The predicted molar refractivity (Wildman–Crippen MR) is 130 cm³/mol. The minimum atomic E-state index is -3.58. The summed E-state index contributed by atoms with van der Waals surface area (Å²) in [6.45, 7) is 6.77. The van der Waals surface area contributed by atoms with Gasteiger partial charge in [-0.25, -0.2) is 8.42 Å². The van der Waals surface area contributed by atoms with Crippen LogP contribution in [0.2, 0.25) is 0 Å². The van der Waals surface area contributed by atoms with Gasteiger partial charge in [-0.3, -0.25) is 4.79 Å². The van der Waals surface area contributed by atoms with E-state index >= 15 is 0 Å². The molecule has 1 aromatic heterocycles. The lowest BCUT2D eigenvalue weighted by Gasteiger charge is -2.32. The van der Waals surface area contributed by atoms with Crippen LogP contribution in [0.5, 0.6) is 5.75 Å². The monoisotopic (exact) mass is 485 g/mol. The predicted octanol–water partition coefficient (Wildman–Crippen LogP) is 4.20. The first-order valence-electron chi connectivity index (χ1n) is 10.8. The molecule has 0 radical (unpaired) electrons. The number of allylic oxidation sites excluding steroid dienone is 1. The number of hydrogen-bond acceptors (Lipinski definition) is 5. The van der Waals surface area contributed by atoms with Gasteiger partial charge in [0.2, 0.25) is 10.0 Å². The molecule has 0 N–H and O–H groups in total. The summed E-state index contributed by atoms with van der Waals surface area (Å²) >= 11 is 1.39. The quantitative estimate of drug-likeness (QED) is 0.490. The maximum absolute atomic E-state index is 13.0. The lowest BCUT2D eigenvalue weighted by atomic mass is 10.1. The third-order valence-corrected chi connectivity index (χ3v) is 8.92. The van der Waals surface area contributed by atoms with Gasteiger partial charge in [-0.15, -0.1) is 6.58 Å². The van der Waals surface area contributed by atoms with Crippen molar-refractivity contribution < 1.29 is 17.9 Å². The van der Waals surface area contributed by atoms with Crippen molar-refractivity contribution in [1.82, 2.24) is 8.87 Å². The van der Waals surface area contributed by atoms with Gasteiger partial charge in [-0.2, -0.15) is 9.30 Å². The van der Waals surface area contributed by atoms with E-state index in [-0.39, 0.29) is 10.9 Å². The summed E-state index contributed by atoms with van der Waals surface area (Å²) < 4.78 is 35.8. The van der Waals surface area contributed by atoms with Gasteiger partial charge in [-0.1, -0.05) is 23.8 Å². The van der Waals surface area contributed by atoms with E-state index < -0.39 is 15.9 Å². The number of rotatable bonds is 6. The van der Waals surface area contributed by atoms with Crippen molar-refractivity contribution >= 4 is 37.5 Å². The van der Waals surface area contributed by atoms with E-state index in [0.717, 1.165) is 35.2 Å². The summed E-state index contributed by atoms with van der Waals surface area (Å²) in [4.78, 5) is 18.0. The Morgan fingerprint density at radius 2 is 2.00 bits per heavy atom. The average Bonchev–Trinajstić information content (AvgIpc) is 3.15. The van der Waals surface area contributed by atoms with Gasteiger partial charge in [-0.05, 0) is 62.2 Å². The molecule has 1 saturated heterocycles. The number of carbonyl (C=O) groups is 1. The number of ether oxygens (including phenoxy) is 1. The van der Waals surface area contributed by atoms with Crippen molar-refractivity contribution in [2.24, 2.45) is 4.99 Å². The number of fused-ring (bicyclic) bond motifs is 1. The number of aromatic nitrogens is 1. The molecule has 0 aliphatic carbocycles. The van der Waals surface area contributed by atoms with Gasteiger partial charge in [0.15, 0.2) is 4.80 Å². The molecule has 1 unspecified atom stereocenters. The van der Waals surface area contributed by atoms with Crippen molar-refractivity contribution in [1.29, 1.82) is 0 Å². The van der Waals surface area contributed by atoms with Crippen molar-refractivity contribution in [3.8, 4) is 5.75 Å². The number of thiazole rings is 1. The van der Waals surface area contributed by atoms with Gasteiger partial charge in [0.25, 0.3) is 5.91 Å². The summed E-state index contributed by atoms with van der Waals surface area (Å²) in [6, 6.07) is 11.7.